The molecule has 0 aliphatic carbocycles. The summed E-state index contributed by atoms with van der Waals surface area (Å²) in [6, 6.07) is 6.35. The molecule has 9 heteroatoms. The van der Waals surface area contributed by atoms with E-state index in [9.17, 15) is 17.6 Å². The number of halogens is 4. The van der Waals surface area contributed by atoms with Crippen molar-refractivity contribution in [3.05, 3.63) is 72.7 Å². The SMILES string of the molecule is C=Cc1c(C(=C)NC2CCN(C)CC2F)cc(C#CCNc2ccccn2)nc1C(=C)C(F)(F)F. The van der Waals surface area contributed by atoms with Crippen LogP contribution in [0.4, 0.5) is 23.4 Å². The highest BCUT2D eigenvalue weighted by atomic mass is 19.4. The van der Waals surface area contributed by atoms with Gasteiger partial charge >= 0.3 is 6.18 Å². The number of rotatable bonds is 7. The first-order chi connectivity index (χ1) is 16.6. The van der Waals surface area contributed by atoms with E-state index in [1.807, 2.05) is 18.0 Å². The monoisotopic (exact) mass is 485 g/mol. The number of hydrogen-bond acceptors (Lipinski definition) is 5. The van der Waals surface area contributed by atoms with Crippen molar-refractivity contribution >= 4 is 23.2 Å². The maximum absolute atomic E-state index is 14.6. The molecule has 0 amide bonds. The Balaban J connectivity index is 1.93. The van der Waals surface area contributed by atoms with Gasteiger partial charge < -0.3 is 15.5 Å². The van der Waals surface area contributed by atoms with Crippen molar-refractivity contribution in [2.24, 2.45) is 0 Å². The number of aromatic nitrogens is 2. The number of likely N-dealkylation sites (tertiary alicyclic amines) is 1. The van der Waals surface area contributed by atoms with Crippen LogP contribution in [-0.4, -0.2) is 59.9 Å². The highest BCUT2D eigenvalue weighted by Gasteiger charge is 2.36. The van der Waals surface area contributed by atoms with Crippen molar-refractivity contribution in [3.63, 3.8) is 0 Å². The second kappa shape index (κ2) is 11.2. The summed E-state index contributed by atoms with van der Waals surface area (Å²) in [6.07, 6.45) is -2.44. The van der Waals surface area contributed by atoms with Gasteiger partial charge in [0.15, 0.2) is 0 Å². The average molecular weight is 486 g/mol. The van der Waals surface area contributed by atoms with E-state index in [4.69, 9.17) is 0 Å². The molecule has 2 aromatic heterocycles. The Morgan fingerprint density at radius 3 is 2.71 bits per heavy atom. The van der Waals surface area contributed by atoms with E-state index < -0.39 is 29.7 Å². The normalized spacial score (nSPS) is 18.2. The van der Waals surface area contributed by atoms with Gasteiger partial charge in [0.2, 0.25) is 0 Å². The molecule has 1 aliphatic heterocycles. The Bertz CT molecular complexity index is 1150. The van der Waals surface area contributed by atoms with Crippen molar-refractivity contribution in [2.45, 2.75) is 24.8 Å². The largest absolute Gasteiger partial charge is 0.417 e. The third-order valence-corrected chi connectivity index (χ3v) is 5.56. The van der Waals surface area contributed by atoms with Crippen LogP contribution in [0.15, 0.2) is 50.2 Å². The van der Waals surface area contributed by atoms with Gasteiger partial charge in [-0.1, -0.05) is 37.8 Å². The quantitative estimate of drug-likeness (QED) is 0.438. The smallest absolute Gasteiger partial charge is 0.379 e. The Morgan fingerprint density at radius 2 is 2.09 bits per heavy atom. The maximum Gasteiger partial charge on any atom is 0.417 e. The second-order valence-corrected chi connectivity index (χ2v) is 8.16. The molecule has 3 heterocycles. The number of alkyl halides is 4. The van der Waals surface area contributed by atoms with Crippen LogP contribution in [0.2, 0.25) is 0 Å². The first-order valence-corrected chi connectivity index (χ1v) is 11.0. The van der Waals surface area contributed by atoms with Crippen molar-refractivity contribution in [3.8, 4) is 11.8 Å². The molecule has 35 heavy (non-hydrogen) atoms. The highest BCUT2D eigenvalue weighted by molar-refractivity contribution is 5.81. The molecule has 2 N–H and O–H groups in total. The molecular weight excluding hydrogens is 458 g/mol. The van der Waals surface area contributed by atoms with E-state index in [1.54, 1.807) is 18.3 Å². The number of nitrogens with zero attached hydrogens (tertiary/aromatic N) is 3. The van der Waals surface area contributed by atoms with Gasteiger partial charge in [-0.15, -0.1) is 0 Å². The molecule has 0 spiro atoms. The molecular formula is C26H27F4N5. The molecule has 184 valence electrons. The Kier molecular flexibility index (Phi) is 8.30. The van der Waals surface area contributed by atoms with Crippen molar-refractivity contribution in [1.29, 1.82) is 0 Å². The fourth-order valence-electron chi connectivity index (χ4n) is 3.70. The van der Waals surface area contributed by atoms with Crippen molar-refractivity contribution in [1.82, 2.24) is 20.2 Å². The van der Waals surface area contributed by atoms with Crippen LogP contribution in [0.5, 0.6) is 0 Å². The lowest BCUT2D eigenvalue weighted by Gasteiger charge is -2.34. The molecule has 1 saturated heterocycles. The summed E-state index contributed by atoms with van der Waals surface area (Å²) in [5.74, 6) is 6.23. The molecule has 2 atom stereocenters. The van der Waals surface area contributed by atoms with Gasteiger partial charge in [0.05, 0.1) is 23.9 Å². The molecule has 0 radical (unpaired) electrons. The zero-order chi connectivity index (χ0) is 25.6. The summed E-state index contributed by atoms with van der Waals surface area (Å²) in [6.45, 7) is 12.0. The van der Waals surface area contributed by atoms with E-state index in [0.29, 0.717) is 24.3 Å². The number of piperidine rings is 1. The van der Waals surface area contributed by atoms with Gasteiger partial charge in [-0.3, -0.25) is 0 Å². The number of pyridine rings is 2. The van der Waals surface area contributed by atoms with Crippen LogP contribution in [0.1, 0.15) is 28.9 Å². The lowest BCUT2D eigenvalue weighted by atomic mass is 9.96. The molecule has 2 aromatic rings. The minimum Gasteiger partial charge on any atom is -0.379 e. The van der Waals surface area contributed by atoms with Crippen molar-refractivity contribution < 1.29 is 17.6 Å². The minimum absolute atomic E-state index is 0.0944. The van der Waals surface area contributed by atoms with Crippen LogP contribution < -0.4 is 10.6 Å². The Labute approximate surface area is 202 Å². The zero-order valence-corrected chi connectivity index (χ0v) is 19.4. The first kappa shape index (κ1) is 26.0. The van der Waals surface area contributed by atoms with Gasteiger partial charge in [0.25, 0.3) is 0 Å². The van der Waals surface area contributed by atoms with Gasteiger partial charge in [0, 0.05) is 36.1 Å². The van der Waals surface area contributed by atoms with E-state index in [0.717, 1.165) is 0 Å². The summed E-state index contributed by atoms with van der Waals surface area (Å²) >= 11 is 0. The summed E-state index contributed by atoms with van der Waals surface area (Å²) in [4.78, 5) is 10.1. The number of allylic oxidation sites excluding steroid dienone is 1. The van der Waals surface area contributed by atoms with Gasteiger partial charge in [-0.2, -0.15) is 13.2 Å². The molecule has 2 unspecified atom stereocenters. The van der Waals surface area contributed by atoms with Crippen LogP contribution in [0.25, 0.3) is 17.3 Å². The molecule has 3 rings (SSSR count). The van der Waals surface area contributed by atoms with E-state index in [2.05, 4.69) is 52.2 Å². The Hall–Kier alpha value is -3.64. The fraction of sp³-hybridized carbons (Fsp3) is 0.308. The van der Waals surface area contributed by atoms with Gasteiger partial charge in [-0.25, -0.2) is 14.4 Å². The molecule has 0 aromatic carbocycles. The minimum atomic E-state index is -4.71. The average Bonchev–Trinajstić information content (AvgIpc) is 2.82. The fourth-order valence-corrected chi connectivity index (χ4v) is 3.70. The van der Waals surface area contributed by atoms with Gasteiger partial charge in [0.1, 0.15) is 17.7 Å². The Morgan fingerprint density at radius 1 is 1.31 bits per heavy atom. The van der Waals surface area contributed by atoms with Gasteiger partial charge in [-0.05, 0) is 37.6 Å². The molecule has 5 nitrogen and oxygen atoms in total. The second-order valence-electron chi connectivity index (χ2n) is 8.16. The molecule has 0 bridgehead atoms. The lowest BCUT2D eigenvalue weighted by Crippen LogP contribution is -2.48. The predicted octanol–water partition coefficient (Wildman–Crippen LogP) is 4.76. The predicted molar refractivity (Wildman–Crippen MR) is 132 cm³/mol. The highest BCUT2D eigenvalue weighted by Crippen LogP contribution is 2.35. The van der Waals surface area contributed by atoms with Crippen LogP contribution in [0.3, 0.4) is 0 Å². The molecule has 1 fully saturated rings. The number of hydrogen-bond donors (Lipinski definition) is 2. The maximum atomic E-state index is 14.6. The standard InChI is InChI=1S/C26H27F4N5/c1-5-20-21(18(3)33-23-11-14-35(4)16-22(23)27)15-19(34-25(20)17(2)26(28,29)30)9-8-13-32-24-10-6-7-12-31-24/h5-7,10,12,15,22-23,33H,1-3,11,13-14,16H2,4H3,(H,31,32). The van der Waals surface area contributed by atoms with Crippen LogP contribution >= 0.6 is 0 Å². The summed E-state index contributed by atoms with van der Waals surface area (Å²) in [5.41, 5.74) is -0.745. The number of anilines is 1. The summed E-state index contributed by atoms with van der Waals surface area (Å²) in [7, 11) is 1.83. The van der Waals surface area contributed by atoms with Crippen LogP contribution in [0, 0.1) is 11.8 Å². The third-order valence-electron chi connectivity index (χ3n) is 5.56. The lowest BCUT2D eigenvalue weighted by molar-refractivity contribution is -0.0689. The molecule has 1 aliphatic rings. The van der Waals surface area contributed by atoms with Crippen molar-refractivity contribution in [2.75, 3.05) is 32.0 Å². The van der Waals surface area contributed by atoms with E-state index in [1.165, 1.54) is 12.1 Å². The number of nitrogens with one attached hydrogen (secondary N) is 2. The zero-order valence-electron chi connectivity index (χ0n) is 19.4. The third kappa shape index (κ3) is 6.70. The van der Waals surface area contributed by atoms with Crippen LogP contribution in [-0.2, 0) is 0 Å². The molecule has 0 saturated carbocycles. The topological polar surface area (TPSA) is 53.1 Å². The summed E-state index contributed by atoms with van der Waals surface area (Å²) in [5, 5.41) is 6.05. The summed E-state index contributed by atoms with van der Waals surface area (Å²) < 4.78 is 55.2. The van der Waals surface area contributed by atoms with E-state index in [-0.39, 0.29) is 30.0 Å². The van der Waals surface area contributed by atoms with E-state index >= 15 is 0 Å². The first-order valence-electron chi connectivity index (χ1n) is 11.0.